The number of hydrogen-bond acceptors (Lipinski definition) is 2. The fourth-order valence-corrected chi connectivity index (χ4v) is 6.44. The van der Waals surface area contributed by atoms with Crippen molar-refractivity contribution in [1.29, 1.82) is 0 Å². The molecule has 3 heteroatoms. The van der Waals surface area contributed by atoms with Crippen LogP contribution in [0.3, 0.4) is 0 Å². The van der Waals surface area contributed by atoms with E-state index < -0.39 is 8.07 Å². The van der Waals surface area contributed by atoms with Gasteiger partial charge < -0.3 is 9.53 Å². The summed E-state index contributed by atoms with van der Waals surface area (Å²) >= 11 is 0. The van der Waals surface area contributed by atoms with Gasteiger partial charge in [0.05, 0.1) is 5.22 Å². The molecule has 0 aromatic heterocycles. The first-order valence-electron chi connectivity index (χ1n) is 6.21. The first-order valence-corrected chi connectivity index (χ1v) is 9.21. The maximum atomic E-state index is 12.3. The zero-order valence-corrected chi connectivity index (χ0v) is 12.1. The molecule has 0 aromatic carbocycles. The number of allylic oxidation sites excluding steroid dienone is 1. The third-order valence-electron chi connectivity index (χ3n) is 4.02. The largest absolute Gasteiger partial charge is 0.378 e. The number of carbonyl (C=O) groups excluding carboxylic acids is 1. The van der Waals surface area contributed by atoms with E-state index in [1.54, 1.807) is 0 Å². The van der Waals surface area contributed by atoms with E-state index in [4.69, 9.17) is 4.74 Å². The summed E-state index contributed by atoms with van der Waals surface area (Å²) in [6.45, 7) is 12.9. The molecule has 1 aliphatic rings. The molecule has 2 nitrogen and oxygen atoms in total. The van der Waals surface area contributed by atoms with Crippen molar-refractivity contribution in [1.82, 2.24) is 0 Å². The van der Waals surface area contributed by atoms with E-state index in [0.717, 1.165) is 25.9 Å². The van der Waals surface area contributed by atoms with Crippen LogP contribution in [-0.2, 0) is 9.53 Å². The predicted octanol–water partition coefficient (Wildman–Crippen LogP) is 3.27. The van der Waals surface area contributed by atoms with E-state index in [-0.39, 0.29) is 10.6 Å². The molecule has 0 bridgehead atoms. The van der Waals surface area contributed by atoms with Crippen molar-refractivity contribution in [2.24, 2.45) is 0 Å². The van der Waals surface area contributed by atoms with Crippen LogP contribution in [0.25, 0.3) is 0 Å². The number of ether oxygens (including phenoxy) is 1. The third-order valence-corrected chi connectivity index (χ3v) is 8.61. The molecular weight excluding hydrogens is 216 g/mol. The molecule has 1 atom stereocenters. The molecule has 1 rings (SSSR count). The molecule has 0 saturated carbocycles. The minimum atomic E-state index is -2.08. The van der Waals surface area contributed by atoms with E-state index in [2.05, 4.69) is 26.6 Å². The van der Waals surface area contributed by atoms with Gasteiger partial charge in [0, 0.05) is 6.61 Å². The lowest BCUT2D eigenvalue weighted by Gasteiger charge is -2.46. The number of hydrogen-bond donors (Lipinski definition) is 0. The maximum absolute atomic E-state index is 12.3. The molecule has 0 spiro atoms. The third kappa shape index (κ3) is 2.16. The highest BCUT2D eigenvalue weighted by Crippen LogP contribution is 2.38. The summed E-state index contributed by atoms with van der Waals surface area (Å²) in [7, 11) is -2.08. The summed E-state index contributed by atoms with van der Waals surface area (Å²) in [6, 6.07) is 0. The number of carbonyl (C=O) groups is 1. The summed E-state index contributed by atoms with van der Waals surface area (Å²) in [5.74, 6) is 0. The molecular formula is C13H24O2Si. The Bertz CT molecular complexity index is 288. The lowest BCUT2D eigenvalue weighted by molar-refractivity contribution is -0.111. The molecule has 1 heterocycles. The van der Waals surface area contributed by atoms with E-state index in [1.807, 2.05) is 6.92 Å². The molecule has 0 N–H and O–H groups in total. The van der Waals surface area contributed by atoms with Gasteiger partial charge in [-0.2, -0.15) is 0 Å². The minimum absolute atomic E-state index is 0.152. The fraction of sp³-hybridized carbons (Fsp3) is 0.769. The second-order valence-corrected chi connectivity index (χ2v) is 10.0. The van der Waals surface area contributed by atoms with Crippen LogP contribution >= 0.6 is 0 Å². The average Bonchev–Trinajstić information content (AvgIpc) is 2.28. The van der Waals surface area contributed by atoms with Crippen LogP contribution in [0.1, 0.15) is 39.5 Å². The van der Waals surface area contributed by atoms with Crippen LogP contribution in [0.5, 0.6) is 0 Å². The van der Waals surface area contributed by atoms with Crippen molar-refractivity contribution < 1.29 is 9.53 Å². The van der Waals surface area contributed by atoms with E-state index in [9.17, 15) is 4.79 Å². The summed E-state index contributed by atoms with van der Waals surface area (Å²) in [6.07, 6.45) is 4.31. The Labute approximate surface area is 100 Å². The molecule has 0 amide bonds. The van der Waals surface area contributed by atoms with Gasteiger partial charge in [0.15, 0.2) is 8.07 Å². The Morgan fingerprint density at radius 2 is 2.06 bits per heavy atom. The highest BCUT2D eigenvalue weighted by atomic mass is 28.3. The van der Waals surface area contributed by atoms with Gasteiger partial charge in [-0.1, -0.05) is 26.6 Å². The second-order valence-electron chi connectivity index (χ2n) is 5.39. The standard InChI is InChI=1S/C13H24O2Si/c1-6-13(9-7-8-10-15-13)16(4,5)12(14)11(2)3/h2,6-10H2,1,3-5H3. The summed E-state index contributed by atoms with van der Waals surface area (Å²) < 4.78 is 6.05. The highest BCUT2D eigenvalue weighted by molar-refractivity contribution is 7.08. The van der Waals surface area contributed by atoms with Crippen LogP contribution < -0.4 is 0 Å². The van der Waals surface area contributed by atoms with Crippen molar-refractivity contribution in [2.45, 2.75) is 57.8 Å². The van der Waals surface area contributed by atoms with Gasteiger partial charge in [-0.25, -0.2) is 0 Å². The first kappa shape index (κ1) is 13.7. The van der Waals surface area contributed by atoms with Crippen molar-refractivity contribution in [3.8, 4) is 0 Å². The van der Waals surface area contributed by atoms with E-state index >= 15 is 0 Å². The van der Waals surface area contributed by atoms with Crippen molar-refractivity contribution in [3.63, 3.8) is 0 Å². The predicted molar refractivity (Wildman–Crippen MR) is 70.1 cm³/mol. The molecule has 16 heavy (non-hydrogen) atoms. The molecule has 92 valence electrons. The summed E-state index contributed by atoms with van der Waals surface area (Å²) in [5.41, 5.74) is 0.693. The number of rotatable bonds is 4. The maximum Gasteiger partial charge on any atom is 0.168 e. The van der Waals surface area contributed by atoms with Crippen molar-refractivity contribution in [2.75, 3.05) is 6.61 Å². The SMILES string of the molecule is C=C(C)C(=O)[Si](C)(C)C1(CC)CCCCO1. The van der Waals surface area contributed by atoms with Gasteiger partial charge in [-0.05, 0) is 38.2 Å². The monoisotopic (exact) mass is 240 g/mol. The Balaban J connectivity index is 3.01. The van der Waals surface area contributed by atoms with Crippen molar-refractivity contribution in [3.05, 3.63) is 12.2 Å². The fourth-order valence-electron chi connectivity index (χ4n) is 2.81. The molecule has 0 aliphatic carbocycles. The van der Waals surface area contributed by atoms with Gasteiger partial charge in [0.1, 0.15) is 5.41 Å². The summed E-state index contributed by atoms with van der Waals surface area (Å²) in [4.78, 5) is 12.3. The Morgan fingerprint density at radius 3 is 2.44 bits per heavy atom. The lowest BCUT2D eigenvalue weighted by atomic mass is 10.1. The first-order chi connectivity index (χ1) is 7.37. The zero-order valence-electron chi connectivity index (χ0n) is 11.1. The molecule has 1 aliphatic heterocycles. The van der Waals surface area contributed by atoms with Crippen LogP contribution in [0.2, 0.25) is 13.1 Å². The Morgan fingerprint density at radius 1 is 1.44 bits per heavy atom. The van der Waals surface area contributed by atoms with Gasteiger partial charge in [0.25, 0.3) is 0 Å². The van der Waals surface area contributed by atoms with Crippen LogP contribution in [0.4, 0.5) is 0 Å². The van der Waals surface area contributed by atoms with Crippen LogP contribution in [-0.4, -0.2) is 25.3 Å². The quantitative estimate of drug-likeness (QED) is 0.557. The van der Waals surface area contributed by atoms with Crippen LogP contribution in [0, 0.1) is 0 Å². The molecule has 0 aromatic rings. The zero-order chi connectivity index (χ0) is 12.4. The molecule has 0 radical (unpaired) electrons. The Kier molecular flexibility index (Phi) is 4.13. The van der Waals surface area contributed by atoms with Crippen LogP contribution in [0.15, 0.2) is 12.2 Å². The molecule has 1 saturated heterocycles. The van der Waals surface area contributed by atoms with E-state index in [0.29, 0.717) is 5.57 Å². The van der Waals surface area contributed by atoms with Gasteiger partial charge >= 0.3 is 0 Å². The molecule has 1 unspecified atom stereocenters. The minimum Gasteiger partial charge on any atom is -0.378 e. The topological polar surface area (TPSA) is 26.3 Å². The van der Waals surface area contributed by atoms with Gasteiger partial charge in [0.2, 0.25) is 0 Å². The van der Waals surface area contributed by atoms with Gasteiger partial charge in [-0.15, -0.1) is 0 Å². The summed E-state index contributed by atoms with van der Waals surface area (Å²) in [5, 5.41) is 0.123. The van der Waals surface area contributed by atoms with Gasteiger partial charge in [-0.3, -0.25) is 0 Å². The van der Waals surface area contributed by atoms with E-state index in [1.165, 1.54) is 6.42 Å². The Hall–Kier alpha value is -0.413. The second kappa shape index (κ2) is 4.84. The average molecular weight is 240 g/mol. The smallest absolute Gasteiger partial charge is 0.168 e. The van der Waals surface area contributed by atoms with Crippen molar-refractivity contribution >= 4 is 13.5 Å². The molecule has 1 fully saturated rings. The normalized spacial score (nSPS) is 26.5. The highest BCUT2D eigenvalue weighted by Gasteiger charge is 2.52. The lowest BCUT2D eigenvalue weighted by Crippen LogP contribution is -2.62.